The zero-order valence-electron chi connectivity index (χ0n) is 19.6. The number of aliphatic hydroxyl groups is 1. The van der Waals surface area contributed by atoms with Gasteiger partial charge in [-0.3, -0.25) is 5.32 Å². The van der Waals surface area contributed by atoms with E-state index in [2.05, 4.69) is 16.0 Å². The van der Waals surface area contributed by atoms with Gasteiger partial charge < -0.3 is 20.5 Å². The van der Waals surface area contributed by atoms with Crippen LogP contribution in [0, 0.1) is 0 Å². The minimum Gasteiger partial charge on any atom is -0.456 e. The fourth-order valence-corrected chi connectivity index (χ4v) is 6.84. The number of thiophene rings is 2. The van der Waals surface area contributed by atoms with E-state index in [1.165, 1.54) is 11.3 Å². The van der Waals surface area contributed by atoms with Gasteiger partial charge in [0.2, 0.25) is 0 Å². The van der Waals surface area contributed by atoms with Crippen LogP contribution in [0.1, 0.15) is 68.9 Å². The Morgan fingerprint density at radius 1 is 1.14 bits per heavy atom. The Morgan fingerprint density at radius 2 is 1.89 bits per heavy atom. The molecule has 1 atom stereocenters. The predicted octanol–water partition coefficient (Wildman–Crippen LogP) is 4.60. The highest BCUT2D eigenvalue weighted by Crippen LogP contribution is 2.42. The Morgan fingerprint density at radius 3 is 2.57 bits per heavy atom. The van der Waals surface area contributed by atoms with E-state index in [9.17, 15) is 27.9 Å². The Balaban J connectivity index is 1.55. The van der Waals surface area contributed by atoms with Crippen molar-refractivity contribution in [1.29, 1.82) is 0 Å². The molecule has 0 saturated carbocycles. The minimum absolute atomic E-state index is 0.0927. The second kappa shape index (κ2) is 9.72. The van der Waals surface area contributed by atoms with Gasteiger partial charge in [-0.15, -0.1) is 22.7 Å². The van der Waals surface area contributed by atoms with Crippen LogP contribution < -0.4 is 16.0 Å². The molecule has 0 radical (unpaired) electrons. The maximum atomic E-state index is 13.6. The van der Waals surface area contributed by atoms with Gasteiger partial charge >= 0.3 is 18.2 Å². The van der Waals surface area contributed by atoms with Crippen molar-refractivity contribution >= 4 is 39.7 Å². The molecule has 1 unspecified atom stereocenters. The van der Waals surface area contributed by atoms with Crippen molar-refractivity contribution in [3.63, 3.8) is 0 Å². The zero-order valence-corrected chi connectivity index (χ0v) is 21.3. The van der Waals surface area contributed by atoms with E-state index in [1.807, 2.05) is 0 Å². The number of carbonyl (C=O) groups is 2. The van der Waals surface area contributed by atoms with Crippen molar-refractivity contribution in [1.82, 2.24) is 10.6 Å². The maximum absolute atomic E-state index is 13.6. The molecule has 0 fully saturated rings. The number of carbonyl (C=O) groups excluding carboxylic acids is 2. The largest absolute Gasteiger partial charge is 0.456 e. The number of rotatable bonds is 4. The predicted molar refractivity (Wildman–Crippen MR) is 128 cm³/mol. The fourth-order valence-electron chi connectivity index (χ4n) is 4.33. The molecule has 0 aromatic carbocycles. The lowest BCUT2D eigenvalue weighted by atomic mass is 9.93. The molecule has 0 saturated heterocycles. The third-order valence-electron chi connectivity index (χ3n) is 5.79. The van der Waals surface area contributed by atoms with Gasteiger partial charge in [-0.05, 0) is 63.3 Å². The van der Waals surface area contributed by atoms with Crippen LogP contribution >= 0.6 is 22.7 Å². The number of alkyl halides is 3. The smallest absolute Gasteiger partial charge is 0.425 e. The lowest BCUT2D eigenvalue weighted by molar-refractivity contribution is -0.135. The number of nitrogens with one attached hydrogen (secondary N) is 3. The molecule has 12 heteroatoms. The Hall–Kier alpha value is -2.15. The summed E-state index contributed by atoms with van der Waals surface area (Å²) in [4.78, 5) is 26.5. The van der Waals surface area contributed by atoms with Gasteiger partial charge in [0, 0.05) is 29.3 Å². The van der Waals surface area contributed by atoms with E-state index in [4.69, 9.17) is 4.74 Å². The first-order chi connectivity index (χ1) is 16.3. The molecule has 3 heterocycles. The van der Waals surface area contributed by atoms with Gasteiger partial charge in [0.1, 0.15) is 15.5 Å². The maximum Gasteiger partial charge on any atom is 0.425 e. The van der Waals surface area contributed by atoms with Gasteiger partial charge in [-0.1, -0.05) is 0 Å². The summed E-state index contributed by atoms with van der Waals surface area (Å²) in [6.45, 7) is 5.89. The fraction of sp³-hybridized carbons (Fsp3) is 0.565. The summed E-state index contributed by atoms with van der Waals surface area (Å²) in [5.41, 5.74) is 0.965. The second-order valence-corrected chi connectivity index (χ2v) is 11.9. The van der Waals surface area contributed by atoms with Crippen LogP contribution in [0.4, 0.5) is 23.0 Å². The molecular weight excluding hydrogens is 503 g/mol. The lowest BCUT2D eigenvalue weighted by Crippen LogP contribution is -2.31. The lowest BCUT2D eigenvalue weighted by Gasteiger charge is -2.22. The van der Waals surface area contributed by atoms with Crippen molar-refractivity contribution in [2.75, 3.05) is 11.9 Å². The number of halogens is 3. The molecule has 1 aliphatic heterocycles. The summed E-state index contributed by atoms with van der Waals surface area (Å²) in [6.07, 6.45) is -3.26. The molecule has 2 aromatic rings. The summed E-state index contributed by atoms with van der Waals surface area (Å²) in [5, 5.41) is 18.6. The SMILES string of the molecule is CC(C)(C)OC(=O)c1c(NC(=O)NCc2c(C(F)(F)F)sc3c2CCNC3)sc2c1CCC(O)C2. The van der Waals surface area contributed by atoms with Gasteiger partial charge in [0.25, 0.3) is 0 Å². The number of urea groups is 1. The standard InChI is InChI=1S/C23H28F3N3O4S2/c1-22(2,3)33-20(31)17-13-5-4-11(30)8-15(13)35-19(17)29-21(32)28-9-14-12-6-7-27-10-16(12)34-18(14)23(24,25)26/h11,27,30H,4-10H2,1-3H3,(H2,28,29,32). The van der Waals surface area contributed by atoms with E-state index in [-0.39, 0.29) is 22.7 Å². The average Bonchev–Trinajstić information content (AvgIpc) is 3.28. The summed E-state index contributed by atoms with van der Waals surface area (Å²) >= 11 is 1.90. The molecular formula is C23H28F3N3O4S2. The topological polar surface area (TPSA) is 99.7 Å². The first-order valence-electron chi connectivity index (χ1n) is 11.4. The highest BCUT2D eigenvalue weighted by atomic mass is 32.1. The van der Waals surface area contributed by atoms with Crippen LogP contribution in [-0.2, 0) is 43.3 Å². The number of anilines is 1. The van der Waals surface area contributed by atoms with E-state index < -0.39 is 34.8 Å². The van der Waals surface area contributed by atoms with Crippen molar-refractivity contribution in [3.05, 3.63) is 36.9 Å². The first kappa shape index (κ1) is 25.9. The highest BCUT2D eigenvalue weighted by Gasteiger charge is 2.38. The Bertz CT molecular complexity index is 1130. The van der Waals surface area contributed by atoms with Crippen molar-refractivity contribution in [2.24, 2.45) is 0 Å². The minimum atomic E-state index is -4.51. The van der Waals surface area contributed by atoms with Crippen LogP contribution in [0.3, 0.4) is 0 Å². The molecule has 1 aliphatic carbocycles. The quantitative estimate of drug-likeness (QED) is 0.432. The molecule has 0 bridgehead atoms. The first-order valence-corrected chi connectivity index (χ1v) is 13.0. The number of hydrogen-bond donors (Lipinski definition) is 4. The molecule has 2 aliphatic rings. The summed E-state index contributed by atoms with van der Waals surface area (Å²) in [6, 6.07) is -0.712. The summed E-state index contributed by atoms with van der Waals surface area (Å²) in [7, 11) is 0. The number of hydrogen-bond acceptors (Lipinski definition) is 7. The van der Waals surface area contributed by atoms with Crippen LogP contribution in [0.2, 0.25) is 0 Å². The summed E-state index contributed by atoms with van der Waals surface area (Å²) in [5.74, 6) is -0.583. The summed E-state index contributed by atoms with van der Waals surface area (Å²) < 4.78 is 46.4. The van der Waals surface area contributed by atoms with Gasteiger partial charge in [0.05, 0.1) is 11.7 Å². The third kappa shape index (κ3) is 5.82. The Labute approximate surface area is 209 Å². The molecule has 7 nitrogen and oxygen atoms in total. The van der Waals surface area contributed by atoms with Gasteiger partial charge in [0.15, 0.2) is 0 Å². The van der Waals surface area contributed by atoms with Crippen LogP contribution in [0.5, 0.6) is 0 Å². The number of esters is 1. The molecule has 192 valence electrons. The molecule has 4 N–H and O–H groups in total. The molecule has 35 heavy (non-hydrogen) atoms. The second-order valence-electron chi connectivity index (χ2n) is 9.65. The number of amides is 2. The number of ether oxygens (including phenoxy) is 1. The van der Waals surface area contributed by atoms with Crippen molar-refractivity contribution in [2.45, 2.75) is 77.4 Å². The Kier molecular flexibility index (Phi) is 7.20. The van der Waals surface area contributed by atoms with E-state index in [0.717, 1.165) is 10.4 Å². The normalized spacial score (nSPS) is 18.0. The van der Waals surface area contributed by atoms with E-state index in [1.54, 1.807) is 20.8 Å². The van der Waals surface area contributed by atoms with Crippen LogP contribution in [0.15, 0.2) is 0 Å². The van der Waals surface area contributed by atoms with Gasteiger partial charge in [-0.2, -0.15) is 13.2 Å². The number of fused-ring (bicyclic) bond motifs is 2. The van der Waals surface area contributed by atoms with Gasteiger partial charge in [-0.25, -0.2) is 9.59 Å². The van der Waals surface area contributed by atoms with E-state index in [0.29, 0.717) is 60.6 Å². The van der Waals surface area contributed by atoms with E-state index >= 15 is 0 Å². The number of aliphatic hydroxyl groups excluding tert-OH is 1. The van der Waals surface area contributed by atoms with Crippen LogP contribution in [0.25, 0.3) is 0 Å². The molecule has 0 spiro atoms. The zero-order chi connectivity index (χ0) is 25.5. The van der Waals surface area contributed by atoms with Crippen LogP contribution in [-0.4, -0.2) is 35.4 Å². The molecule has 2 amide bonds. The monoisotopic (exact) mass is 531 g/mol. The highest BCUT2D eigenvalue weighted by molar-refractivity contribution is 7.17. The molecule has 2 aromatic heterocycles. The van der Waals surface area contributed by atoms with Crippen molar-refractivity contribution < 1.29 is 32.6 Å². The van der Waals surface area contributed by atoms with Crippen molar-refractivity contribution in [3.8, 4) is 0 Å². The average molecular weight is 532 g/mol. The molecule has 4 rings (SSSR count). The third-order valence-corrected chi connectivity index (χ3v) is 8.28.